The maximum atomic E-state index is 5.61. The number of halogens is 1. The SMILES string of the molecule is CN=C(NCCCN(C(C)C)C(C)C)NCc1coc(-c2ccc(C)cc2)n1.I. The highest BCUT2D eigenvalue weighted by atomic mass is 127. The van der Waals surface area contributed by atoms with Gasteiger partial charge < -0.3 is 15.1 Å². The number of nitrogens with zero attached hydrogens (tertiary/aromatic N) is 3. The van der Waals surface area contributed by atoms with Crippen LogP contribution in [0.5, 0.6) is 0 Å². The van der Waals surface area contributed by atoms with Crippen LogP contribution in [0.2, 0.25) is 0 Å². The van der Waals surface area contributed by atoms with Crippen molar-refractivity contribution in [3.8, 4) is 11.5 Å². The summed E-state index contributed by atoms with van der Waals surface area (Å²) in [5, 5.41) is 6.67. The highest BCUT2D eigenvalue weighted by Gasteiger charge is 2.12. The first-order chi connectivity index (χ1) is 13.4. The van der Waals surface area contributed by atoms with Crippen LogP contribution in [-0.4, -0.2) is 48.1 Å². The second-order valence-electron chi connectivity index (χ2n) is 7.64. The maximum absolute atomic E-state index is 5.61. The van der Waals surface area contributed by atoms with Crippen LogP contribution in [0, 0.1) is 6.92 Å². The summed E-state index contributed by atoms with van der Waals surface area (Å²) in [6.45, 7) is 13.6. The van der Waals surface area contributed by atoms with Crippen LogP contribution >= 0.6 is 24.0 Å². The Morgan fingerprint density at radius 2 is 1.76 bits per heavy atom. The Balaban J connectivity index is 0.00000420. The van der Waals surface area contributed by atoms with E-state index in [0.29, 0.717) is 24.5 Å². The third kappa shape index (κ3) is 8.34. The minimum absolute atomic E-state index is 0. The fourth-order valence-electron chi connectivity index (χ4n) is 3.19. The van der Waals surface area contributed by atoms with Crippen LogP contribution < -0.4 is 10.6 Å². The molecule has 0 saturated carbocycles. The lowest BCUT2D eigenvalue weighted by atomic mass is 10.1. The van der Waals surface area contributed by atoms with Crippen LogP contribution in [0.3, 0.4) is 0 Å². The molecule has 0 atom stereocenters. The fourth-order valence-corrected chi connectivity index (χ4v) is 3.19. The summed E-state index contributed by atoms with van der Waals surface area (Å²) >= 11 is 0. The van der Waals surface area contributed by atoms with Gasteiger partial charge in [0, 0.05) is 37.8 Å². The van der Waals surface area contributed by atoms with Crippen molar-refractivity contribution in [1.82, 2.24) is 20.5 Å². The molecule has 2 aromatic rings. The molecular formula is C22H36IN5O. The molecule has 7 heteroatoms. The van der Waals surface area contributed by atoms with Crippen molar-refractivity contribution in [2.24, 2.45) is 4.99 Å². The number of rotatable bonds is 9. The van der Waals surface area contributed by atoms with Crippen molar-refractivity contribution in [3.63, 3.8) is 0 Å². The van der Waals surface area contributed by atoms with Crippen molar-refractivity contribution >= 4 is 29.9 Å². The van der Waals surface area contributed by atoms with Crippen LogP contribution in [0.25, 0.3) is 11.5 Å². The Labute approximate surface area is 192 Å². The normalized spacial score (nSPS) is 11.8. The number of hydrogen-bond donors (Lipinski definition) is 2. The van der Waals surface area contributed by atoms with Crippen molar-refractivity contribution in [3.05, 3.63) is 41.8 Å². The maximum Gasteiger partial charge on any atom is 0.226 e. The number of oxazole rings is 1. The minimum Gasteiger partial charge on any atom is -0.444 e. The van der Waals surface area contributed by atoms with E-state index in [9.17, 15) is 0 Å². The molecule has 1 heterocycles. The second-order valence-corrected chi connectivity index (χ2v) is 7.64. The molecule has 0 saturated heterocycles. The third-order valence-corrected chi connectivity index (χ3v) is 4.72. The van der Waals surface area contributed by atoms with Gasteiger partial charge in [-0.1, -0.05) is 17.7 Å². The molecule has 162 valence electrons. The Hall–Kier alpha value is -1.61. The standard InChI is InChI=1S/C22H35N5O.HI/c1-16(2)27(17(3)4)13-7-12-24-22(23-6)25-14-20-15-28-21(26-20)19-10-8-18(5)9-11-19;/h8-11,15-17H,7,12-14H2,1-6H3,(H2,23,24,25);1H. The van der Waals surface area contributed by atoms with Crippen molar-refractivity contribution in [2.75, 3.05) is 20.1 Å². The molecule has 0 aliphatic carbocycles. The fraction of sp³-hybridized carbons (Fsp3) is 0.545. The van der Waals surface area contributed by atoms with Gasteiger partial charge in [-0.25, -0.2) is 4.98 Å². The number of aromatic nitrogens is 1. The molecule has 0 bridgehead atoms. The summed E-state index contributed by atoms with van der Waals surface area (Å²) in [5.74, 6) is 1.42. The first-order valence-corrected chi connectivity index (χ1v) is 10.1. The third-order valence-electron chi connectivity index (χ3n) is 4.72. The zero-order valence-corrected chi connectivity index (χ0v) is 20.9. The molecule has 0 fully saturated rings. The van der Waals surface area contributed by atoms with Gasteiger partial charge in [-0.3, -0.25) is 9.89 Å². The Morgan fingerprint density at radius 3 is 2.34 bits per heavy atom. The lowest BCUT2D eigenvalue weighted by Crippen LogP contribution is -2.41. The average molecular weight is 513 g/mol. The van der Waals surface area contributed by atoms with Crippen LogP contribution in [0.15, 0.2) is 39.9 Å². The van der Waals surface area contributed by atoms with E-state index >= 15 is 0 Å². The summed E-state index contributed by atoms with van der Waals surface area (Å²) in [6.07, 6.45) is 2.76. The van der Waals surface area contributed by atoms with E-state index in [0.717, 1.165) is 36.7 Å². The summed E-state index contributed by atoms with van der Waals surface area (Å²) in [4.78, 5) is 11.3. The predicted octanol–water partition coefficient (Wildman–Crippen LogP) is 4.44. The zero-order valence-electron chi connectivity index (χ0n) is 18.5. The molecule has 1 aromatic heterocycles. The molecule has 0 aliphatic rings. The molecule has 2 rings (SSSR count). The highest BCUT2D eigenvalue weighted by Crippen LogP contribution is 2.18. The summed E-state index contributed by atoms with van der Waals surface area (Å²) in [7, 11) is 1.78. The predicted molar refractivity (Wildman–Crippen MR) is 132 cm³/mol. The number of aliphatic imine (C=N–C) groups is 1. The summed E-state index contributed by atoms with van der Waals surface area (Å²) < 4.78 is 5.61. The molecule has 0 radical (unpaired) electrons. The van der Waals surface area contributed by atoms with Crippen LogP contribution in [0.4, 0.5) is 0 Å². The first-order valence-electron chi connectivity index (χ1n) is 10.1. The van der Waals surface area contributed by atoms with Gasteiger partial charge in [0.25, 0.3) is 0 Å². The molecule has 0 amide bonds. The van der Waals surface area contributed by atoms with Gasteiger partial charge in [0.1, 0.15) is 6.26 Å². The summed E-state index contributed by atoms with van der Waals surface area (Å²) in [6, 6.07) is 9.29. The quantitative estimate of drug-likeness (QED) is 0.225. The lowest BCUT2D eigenvalue weighted by Gasteiger charge is -2.30. The zero-order chi connectivity index (χ0) is 20.5. The lowest BCUT2D eigenvalue weighted by molar-refractivity contribution is 0.173. The van der Waals surface area contributed by atoms with Gasteiger partial charge in [-0.05, 0) is 53.2 Å². The van der Waals surface area contributed by atoms with Gasteiger partial charge in [0.15, 0.2) is 5.96 Å². The van der Waals surface area contributed by atoms with Gasteiger partial charge in [0.05, 0.1) is 12.2 Å². The van der Waals surface area contributed by atoms with E-state index in [-0.39, 0.29) is 24.0 Å². The van der Waals surface area contributed by atoms with E-state index in [1.54, 1.807) is 13.3 Å². The molecule has 0 spiro atoms. The van der Waals surface area contributed by atoms with Gasteiger partial charge in [-0.15, -0.1) is 24.0 Å². The van der Waals surface area contributed by atoms with Crippen molar-refractivity contribution in [1.29, 1.82) is 0 Å². The molecule has 6 nitrogen and oxygen atoms in total. The summed E-state index contributed by atoms with van der Waals surface area (Å²) in [5.41, 5.74) is 3.06. The Bertz CT molecular complexity index is 732. The second kappa shape index (κ2) is 12.8. The largest absolute Gasteiger partial charge is 0.444 e. The first kappa shape index (κ1) is 25.4. The topological polar surface area (TPSA) is 65.7 Å². The van der Waals surface area contributed by atoms with Crippen molar-refractivity contribution in [2.45, 2.75) is 59.7 Å². The smallest absolute Gasteiger partial charge is 0.226 e. The van der Waals surface area contributed by atoms with E-state index in [2.05, 4.69) is 72.3 Å². The molecule has 1 aromatic carbocycles. The molecular weight excluding hydrogens is 477 g/mol. The molecule has 29 heavy (non-hydrogen) atoms. The monoisotopic (exact) mass is 513 g/mol. The number of benzene rings is 1. The number of nitrogens with one attached hydrogen (secondary N) is 2. The Kier molecular flexibility index (Phi) is 11.3. The number of guanidine groups is 1. The molecule has 0 unspecified atom stereocenters. The highest BCUT2D eigenvalue weighted by molar-refractivity contribution is 14.0. The number of hydrogen-bond acceptors (Lipinski definition) is 4. The minimum atomic E-state index is 0. The van der Waals surface area contributed by atoms with Gasteiger partial charge in [0.2, 0.25) is 5.89 Å². The molecule has 0 aliphatic heterocycles. The number of aryl methyl sites for hydroxylation is 1. The van der Waals surface area contributed by atoms with Gasteiger partial charge in [-0.2, -0.15) is 0 Å². The van der Waals surface area contributed by atoms with Crippen molar-refractivity contribution < 1.29 is 4.42 Å². The molecule has 2 N–H and O–H groups in total. The Morgan fingerprint density at radius 1 is 1.10 bits per heavy atom. The van der Waals surface area contributed by atoms with Crippen LogP contribution in [0.1, 0.15) is 45.4 Å². The van der Waals surface area contributed by atoms with E-state index in [1.165, 1.54) is 5.56 Å². The van der Waals surface area contributed by atoms with E-state index in [4.69, 9.17) is 4.42 Å². The van der Waals surface area contributed by atoms with Gasteiger partial charge >= 0.3 is 0 Å². The van der Waals surface area contributed by atoms with Crippen LogP contribution in [-0.2, 0) is 6.54 Å². The van der Waals surface area contributed by atoms with E-state index in [1.807, 2.05) is 12.1 Å². The van der Waals surface area contributed by atoms with E-state index < -0.39 is 0 Å². The average Bonchev–Trinajstić information content (AvgIpc) is 3.13.